The summed E-state index contributed by atoms with van der Waals surface area (Å²) in [7, 11) is 1.40. The molecule has 0 N–H and O–H groups in total. The number of aryl methyl sites for hydroxylation is 2. The number of rotatable bonds is 8. The number of ether oxygens (including phenoxy) is 2. The lowest BCUT2D eigenvalue weighted by Gasteiger charge is -2.13. The second-order valence-corrected chi connectivity index (χ2v) is 6.34. The molecule has 0 saturated heterocycles. The number of hydrogen-bond donors (Lipinski definition) is 0. The lowest BCUT2D eigenvalue weighted by molar-refractivity contribution is -0.139. The largest absolute Gasteiger partial charge is 0.493 e. The van der Waals surface area contributed by atoms with Crippen molar-refractivity contribution in [3.05, 3.63) is 65.2 Å². The first kappa shape index (κ1) is 18.1. The summed E-state index contributed by atoms with van der Waals surface area (Å²) in [5.41, 5.74) is 3.62. The summed E-state index contributed by atoms with van der Waals surface area (Å²) in [6.07, 6.45) is 2.47. The Morgan fingerprint density at radius 2 is 1.83 bits per heavy atom. The van der Waals surface area contributed by atoms with Gasteiger partial charge in [-0.3, -0.25) is 4.79 Å². The van der Waals surface area contributed by atoms with Gasteiger partial charge in [0.2, 0.25) is 0 Å². The van der Waals surface area contributed by atoms with Crippen LogP contribution in [-0.2, 0) is 22.4 Å². The van der Waals surface area contributed by atoms with Gasteiger partial charge in [0.1, 0.15) is 5.75 Å². The van der Waals surface area contributed by atoms with Gasteiger partial charge in [0.25, 0.3) is 0 Å². The van der Waals surface area contributed by atoms with Crippen LogP contribution in [-0.4, -0.2) is 19.7 Å². The minimum Gasteiger partial charge on any atom is -0.493 e. The fourth-order valence-corrected chi connectivity index (χ4v) is 2.54. The zero-order valence-corrected chi connectivity index (χ0v) is 14.7. The quantitative estimate of drug-likeness (QED) is 0.676. The van der Waals surface area contributed by atoms with Gasteiger partial charge in [0.05, 0.1) is 20.1 Å². The van der Waals surface area contributed by atoms with E-state index in [-0.39, 0.29) is 5.97 Å². The van der Waals surface area contributed by atoms with E-state index in [1.807, 2.05) is 24.3 Å². The van der Waals surface area contributed by atoms with Crippen molar-refractivity contribution in [3.63, 3.8) is 0 Å². The molecule has 0 amide bonds. The zero-order chi connectivity index (χ0) is 17.4. The first-order valence-electron chi connectivity index (χ1n) is 8.41. The third-order valence-corrected chi connectivity index (χ3v) is 4.04. The Kier molecular flexibility index (Phi) is 6.86. The maximum atomic E-state index is 11.2. The van der Waals surface area contributed by atoms with E-state index in [1.54, 1.807) is 0 Å². The molecular weight excluding hydrogens is 300 g/mol. The second kappa shape index (κ2) is 9.11. The maximum absolute atomic E-state index is 11.2. The van der Waals surface area contributed by atoms with E-state index < -0.39 is 0 Å². The number of benzene rings is 2. The van der Waals surface area contributed by atoms with Crippen LogP contribution in [0.3, 0.4) is 0 Å². The van der Waals surface area contributed by atoms with Crippen molar-refractivity contribution in [2.24, 2.45) is 5.92 Å². The highest BCUT2D eigenvalue weighted by Crippen LogP contribution is 2.16. The zero-order valence-electron chi connectivity index (χ0n) is 14.7. The standard InChI is InChI=1S/C21H26O3/c1-16-5-4-6-18(13-16)8-7-17(2)15-24-20-11-9-19(10-12-20)14-21(22)23-3/h4-6,9-13,17H,7-8,14-15H2,1-3H3. The monoisotopic (exact) mass is 326 g/mol. The van der Waals surface area contributed by atoms with E-state index >= 15 is 0 Å². The van der Waals surface area contributed by atoms with Crippen LogP contribution in [0.2, 0.25) is 0 Å². The van der Waals surface area contributed by atoms with Crippen molar-refractivity contribution in [1.82, 2.24) is 0 Å². The molecule has 3 heteroatoms. The topological polar surface area (TPSA) is 35.5 Å². The summed E-state index contributed by atoms with van der Waals surface area (Å²) >= 11 is 0. The second-order valence-electron chi connectivity index (χ2n) is 6.34. The molecule has 1 unspecified atom stereocenters. The van der Waals surface area contributed by atoms with Gasteiger partial charge in [-0.05, 0) is 48.9 Å². The van der Waals surface area contributed by atoms with Crippen molar-refractivity contribution >= 4 is 5.97 Å². The van der Waals surface area contributed by atoms with Crippen LogP contribution in [0.25, 0.3) is 0 Å². The van der Waals surface area contributed by atoms with Crippen molar-refractivity contribution < 1.29 is 14.3 Å². The van der Waals surface area contributed by atoms with Gasteiger partial charge in [-0.25, -0.2) is 0 Å². The van der Waals surface area contributed by atoms with Crippen LogP contribution in [0.1, 0.15) is 30.0 Å². The molecule has 0 bridgehead atoms. The highest BCUT2D eigenvalue weighted by Gasteiger charge is 2.06. The molecule has 3 nitrogen and oxygen atoms in total. The molecule has 0 heterocycles. The molecule has 128 valence electrons. The average Bonchev–Trinajstić information content (AvgIpc) is 2.59. The first-order valence-corrected chi connectivity index (χ1v) is 8.41. The smallest absolute Gasteiger partial charge is 0.309 e. The fraction of sp³-hybridized carbons (Fsp3) is 0.381. The maximum Gasteiger partial charge on any atom is 0.309 e. The molecule has 0 aliphatic rings. The molecule has 0 fully saturated rings. The third kappa shape index (κ3) is 6.07. The van der Waals surface area contributed by atoms with Crippen LogP contribution < -0.4 is 4.74 Å². The van der Waals surface area contributed by atoms with Crippen LogP contribution in [0.4, 0.5) is 0 Å². The molecule has 0 aromatic heterocycles. The minimum absolute atomic E-state index is 0.228. The summed E-state index contributed by atoms with van der Waals surface area (Å²) in [5.74, 6) is 1.10. The van der Waals surface area contributed by atoms with E-state index in [4.69, 9.17) is 4.74 Å². The van der Waals surface area contributed by atoms with E-state index in [0.29, 0.717) is 18.9 Å². The fourth-order valence-electron chi connectivity index (χ4n) is 2.54. The normalized spacial score (nSPS) is 11.8. The Labute approximate surface area is 144 Å². The molecular formula is C21H26O3. The van der Waals surface area contributed by atoms with Gasteiger partial charge >= 0.3 is 5.97 Å². The molecule has 0 spiro atoms. The number of esters is 1. The molecule has 2 aromatic carbocycles. The van der Waals surface area contributed by atoms with E-state index in [2.05, 4.69) is 42.8 Å². The molecule has 1 atom stereocenters. The Bertz CT molecular complexity index is 646. The number of methoxy groups -OCH3 is 1. The van der Waals surface area contributed by atoms with Gasteiger partial charge in [-0.1, -0.05) is 48.9 Å². The van der Waals surface area contributed by atoms with Crippen molar-refractivity contribution in [2.75, 3.05) is 13.7 Å². The van der Waals surface area contributed by atoms with Gasteiger partial charge < -0.3 is 9.47 Å². The summed E-state index contributed by atoms with van der Waals surface area (Å²) in [6.45, 7) is 5.03. The average molecular weight is 326 g/mol. The Morgan fingerprint density at radius 1 is 1.08 bits per heavy atom. The molecule has 0 aliphatic carbocycles. The highest BCUT2D eigenvalue weighted by atomic mass is 16.5. The summed E-state index contributed by atoms with van der Waals surface area (Å²) < 4.78 is 10.5. The summed E-state index contributed by atoms with van der Waals surface area (Å²) in [6, 6.07) is 16.3. The number of hydrogen-bond acceptors (Lipinski definition) is 3. The lowest BCUT2D eigenvalue weighted by Crippen LogP contribution is -2.10. The Morgan fingerprint density at radius 3 is 2.50 bits per heavy atom. The van der Waals surface area contributed by atoms with Crippen LogP contribution in [0.5, 0.6) is 5.75 Å². The lowest BCUT2D eigenvalue weighted by atomic mass is 10.0. The SMILES string of the molecule is COC(=O)Cc1ccc(OCC(C)CCc2cccc(C)c2)cc1. The molecule has 2 aromatic rings. The van der Waals surface area contributed by atoms with Gasteiger partial charge in [0.15, 0.2) is 0 Å². The minimum atomic E-state index is -0.228. The van der Waals surface area contributed by atoms with Crippen LogP contribution >= 0.6 is 0 Å². The summed E-state index contributed by atoms with van der Waals surface area (Å²) in [5, 5.41) is 0. The van der Waals surface area contributed by atoms with Gasteiger partial charge in [-0.2, -0.15) is 0 Å². The van der Waals surface area contributed by atoms with Crippen molar-refractivity contribution in [2.45, 2.75) is 33.1 Å². The highest BCUT2D eigenvalue weighted by molar-refractivity contribution is 5.72. The van der Waals surface area contributed by atoms with Gasteiger partial charge in [0, 0.05) is 0 Å². The van der Waals surface area contributed by atoms with E-state index in [1.165, 1.54) is 18.2 Å². The van der Waals surface area contributed by atoms with Crippen molar-refractivity contribution in [1.29, 1.82) is 0 Å². The molecule has 2 rings (SSSR count). The number of carbonyl (C=O) groups is 1. The van der Waals surface area contributed by atoms with E-state index in [0.717, 1.165) is 24.2 Å². The van der Waals surface area contributed by atoms with Crippen LogP contribution in [0.15, 0.2) is 48.5 Å². The first-order chi connectivity index (χ1) is 11.6. The molecule has 24 heavy (non-hydrogen) atoms. The third-order valence-electron chi connectivity index (χ3n) is 4.04. The van der Waals surface area contributed by atoms with Gasteiger partial charge in [-0.15, -0.1) is 0 Å². The van der Waals surface area contributed by atoms with Crippen LogP contribution in [0, 0.1) is 12.8 Å². The Hall–Kier alpha value is -2.29. The van der Waals surface area contributed by atoms with E-state index in [9.17, 15) is 4.79 Å². The predicted octanol–water partition coefficient (Wildman–Crippen LogP) is 4.36. The predicted molar refractivity (Wildman–Crippen MR) is 96.3 cm³/mol. The molecule has 0 saturated carbocycles. The van der Waals surface area contributed by atoms with Crippen molar-refractivity contribution in [3.8, 4) is 5.75 Å². The number of carbonyl (C=O) groups excluding carboxylic acids is 1. The summed E-state index contributed by atoms with van der Waals surface area (Å²) in [4.78, 5) is 11.2. The molecule has 0 radical (unpaired) electrons. The molecule has 0 aliphatic heterocycles. The Balaban J connectivity index is 1.75.